The van der Waals surface area contributed by atoms with E-state index < -0.39 is 0 Å². The van der Waals surface area contributed by atoms with Gasteiger partial charge in [0.1, 0.15) is 5.82 Å². The van der Waals surface area contributed by atoms with E-state index >= 15 is 0 Å². The van der Waals surface area contributed by atoms with Crippen LogP contribution < -0.4 is 4.90 Å². The molecule has 0 aliphatic carbocycles. The van der Waals surface area contributed by atoms with Crippen LogP contribution in [0.25, 0.3) is 0 Å². The first-order valence-corrected chi connectivity index (χ1v) is 9.34. The Balaban J connectivity index is 1.85. The van der Waals surface area contributed by atoms with E-state index in [4.69, 9.17) is 4.98 Å². The van der Waals surface area contributed by atoms with Gasteiger partial charge in [0.25, 0.3) is 0 Å². The molecule has 0 aromatic carbocycles. The van der Waals surface area contributed by atoms with E-state index in [1.807, 2.05) is 6.20 Å². The molecule has 122 valence electrons. The van der Waals surface area contributed by atoms with Crippen LogP contribution in [0.15, 0.2) is 18.3 Å². The minimum Gasteiger partial charge on any atom is -0.356 e. The van der Waals surface area contributed by atoms with Crippen molar-refractivity contribution in [3.8, 4) is 0 Å². The first kappa shape index (κ1) is 15.8. The smallest absolute Gasteiger partial charge is 0.133 e. The maximum absolute atomic E-state index is 4.81. The number of hydrogen-bond acceptors (Lipinski definition) is 3. The molecular formula is C19H31N3. The monoisotopic (exact) mass is 301 g/mol. The van der Waals surface area contributed by atoms with Crippen molar-refractivity contribution in [1.29, 1.82) is 0 Å². The van der Waals surface area contributed by atoms with Gasteiger partial charge in [-0.05, 0) is 51.3 Å². The lowest BCUT2D eigenvalue weighted by Crippen LogP contribution is -2.36. The summed E-state index contributed by atoms with van der Waals surface area (Å²) in [5.74, 6) is 1.28. The lowest BCUT2D eigenvalue weighted by molar-refractivity contribution is 0.149. The Kier molecular flexibility index (Phi) is 5.71. The molecule has 2 aliphatic rings. The van der Waals surface area contributed by atoms with Crippen molar-refractivity contribution in [2.24, 2.45) is 0 Å². The largest absolute Gasteiger partial charge is 0.356 e. The molecule has 0 radical (unpaired) electrons. The Labute approximate surface area is 135 Å². The van der Waals surface area contributed by atoms with E-state index in [1.54, 1.807) is 0 Å². The third-order valence-electron chi connectivity index (χ3n) is 5.21. The highest BCUT2D eigenvalue weighted by Gasteiger charge is 2.27. The number of anilines is 1. The van der Waals surface area contributed by atoms with Crippen LogP contribution in [-0.2, 0) is 0 Å². The number of hydrogen-bond donors (Lipinski definition) is 0. The Morgan fingerprint density at radius 1 is 1.05 bits per heavy atom. The van der Waals surface area contributed by atoms with E-state index in [0.29, 0.717) is 6.04 Å². The Morgan fingerprint density at radius 3 is 2.59 bits per heavy atom. The third-order valence-corrected chi connectivity index (χ3v) is 5.21. The summed E-state index contributed by atoms with van der Waals surface area (Å²) in [7, 11) is 0. The number of aromatic nitrogens is 1. The van der Waals surface area contributed by atoms with Gasteiger partial charge in [0.15, 0.2) is 0 Å². The molecule has 0 N–H and O–H groups in total. The number of piperidine rings is 1. The minimum absolute atomic E-state index is 0.584. The van der Waals surface area contributed by atoms with Crippen molar-refractivity contribution < 1.29 is 0 Å². The van der Waals surface area contributed by atoms with E-state index in [-0.39, 0.29) is 0 Å². The second-order valence-corrected chi connectivity index (χ2v) is 6.87. The lowest BCUT2D eigenvalue weighted by atomic mass is 9.95. The number of nitrogens with zero attached hydrogens (tertiary/aromatic N) is 3. The molecule has 2 saturated heterocycles. The van der Waals surface area contributed by atoms with Crippen LogP contribution in [0.3, 0.4) is 0 Å². The molecule has 22 heavy (non-hydrogen) atoms. The normalized spacial score (nSPS) is 24.2. The van der Waals surface area contributed by atoms with Gasteiger partial charge in [-0.25, -0.2) is 4.98 Å². The van der Waals surface area contributed by atoms with Crippen molar-refractivity contribution >= 4 is 5.82 Å². The maximum atomic E-state index is 4.81. The summed E-state index contributed by atoms with van der Waals surface area (Å²) in [6, 6.07) is 5.06. The van der Waals surface area contributed by atoms with Gasteiger partial charge in [-0.3, -0.25) is 4.90 Å². The van der Waals surface area contributed by atoms with E-state index in [9.17, 15) is 0 Å². The quantitative estimate of drug-likeness (QED) is 0.821. The number of rotatable bonds is 4. The molecule has 1 unspecified atom stereocenters. The van der Waals surface area contributed by atoms with Gasteiger partial charge < -0.3 is 4.90 Å². The maximum Gasteiger partial charge on any atom is 0.133 e. The zero-order chi connectivity index (χ0) is 15.2. The molecular weight excluding hydrogens is 270 g/mol. The second kappa shape index (κ2) is 7.96. The third kappa shape index (κ3) is 3.62. The fourth-order valence-electron chi connectivity index (χ4n) is 4.11. The highest BCUT2D eigenvalue weighted by Crippen LogP contribution is 2.36. The van der Waals surface area contributed by atoms with Crippen molar-refractivity contribution in [3.63, 3.8) is 0 Å². The average molecular weight is 301 g/mol. The fourth-order valence-corrected chi connectivity index (χ4v) is 4.11. The molecule has 0 spiro atoms. The van der Waals surface area contributed by atoms with Gasteiger partial charge in [0.05, 0.1) is 0 Å². The topological polar surface area (TPSA) is 19.4 Å². The summed E-state index contributed by atoms with van der Waals surface area (Å²) in [6.07, 6.45) is 12.6. The molecule has 0 saturated carbocycles. The lowest BCUT2D eigenvalue weighted by Gasteiger charge is -2.37. The zero-order valence-corrected chi connectivity index (χ0v) is 14.1. The molecule has 3 nitrogen and oxygen atoms in total. The summed E-state index contributed by atoms with van der Waals surface area (Å²) in [4.78, 5) is 10.1. The van der Waals surface area contributed by atoms with Crippen molar-refractivity contribution in [2.75, 3.05) is 31.1 Å². The number of likely N-dealkylation sites (tertiary alicyclic amines) is 1. The first-order chi connectivity index (χ1) is 10.9. The van der Waals surface area contributed by atoms with Crippen molar-refractivity contribution in [1.82, 2.24) is 9.88 Å². The summed E-state index contributed by atoms with van der Waals surface area (Å²) in [5, 5.41) is 0. The standard InChI is InChI=1S/C19H31N3/c1-2-13-21-14-8-5-11-18(21)17-10-9-12-20-19(17)22-15-6-3-4-7-16-22/h9-10,12,18H,2-8,11,13-16H2,1H3. The van der Waals surface area contributed by atoms with Crippen LogP contribution >= 0.6 is 0 Å². The molecule has 2 fully saturated rings. The molecule has 3 rings (SSSR count). The fraction of sp³-hybridized carbons (Fsp3) is 0.737. The highest BCUT2D eigenvalue weighted by molar-refractivity contribution is 5.48. The zero-order valence-electron chi connectivity index (χ0n) is 14.1. The molecule has 1 aromatic heterocycles. The van der Waals surface area contributed by atoms with Gasteiger partial charge in [-0.2, -0.15) is 0 Å². The Hall–Kier alpha value is -1.09. The predicted octanol–water partition coefficient (Wildman–Crippen LogP) is 4.40. The molecule has 1 atom stereocenters. The molecule has 3 heteroatoms. The molecule has 1 aromatic rings. The second-order valence-electron chi connectivity index (χ2n) is 6.87. The molecule has 3 heterocycles. The summed E-state index contributed by atoms with van der Waals surface area (Å²) in [5.41, 5.74) is 1.48. The van der Waals surface area contributed by atoms with Crippen LogP contribution in [0, 0.1) is 0 Å². The van der Waals surface area contributed by atoms with Crippen molar-refractivity contribution in [3.05, 3.63) is 23.9 Å². The van der Waals surface area contributed by atoms with Crippen LogP contribution in [0.4, 0.5) is 5.82 Å². The van der Waals surface area contributed by atoms with E-state index in [1.165, 1.54) is 88.9 Å². The molecule has 0 bridgehead atoms. The Bertz CT molecular complexity index is 450. The summed E-state index contributed by atoms with van der Waals surface area (Å²) in [6.45, 7) is 7.14. The van der Waals surface area contributed by atoms with Crippen LogP contribution in [-0.4, -0.2) is 36.1 Å². The summed E-state index contributed by atoms with van der Waals surface area (Å²) >= 11 is 0. The molecule has 2 aliphatic heterocycles. The Morgan fingerprint density at radius 2 is 1.82 bits per heavy atom. The van der Waals surface area contributed by atoms with E-state index in [2.05, 4.69) is 28.9 Å². The minimum atomic E-state index is 0.584. The van der Waals surface area contributed by atoms with Gasteiger partial charge in [-0.1, -0.05) is 32.3 Å². The highest BCUT2D eigenvalue weighted by atomic mass is 15.2. The average Bonchev–Trinajstić information content (AvgIpc) is 2.85. The van der Waals surface area contributed by atoms with Gasteiger partial charge in [0, 0.05) is 30.9 Å². The SMILES string of the molecule is CCCN1CCCCC1c1cccnc1N1CCCCCC1. The van der Waals surface area contributed by atoms with Gasteiger partial charge >= 0.3 is 0 Å². The van der Waals surface area contributed by atoms with Crippen LogP contribution in [0.5, 0.6) is 0 Å². The van der Waals surface area contributed by atoms with E-state index in [0.717, 1.165) is 0 Å². The predicted molar refractivity (Wildman–Crippen MR) is 93.4 cm³/mol. The van der Waals surface area contributed by atoms with Crippen LogP contribution in [0.2, 0.25) is 0 Å². The van der Waals surface area contributed by atoms with Gasteiger partial charge in [0.2, 0.25) is 0 Å². The summed E-state index contributed by atoms with van der Waals surface area (Å²) < 4.78 is 0. The van der Waals surface area contributed by atoms with Gasteiger partial charge in [-0.15, -0.1) is 0 Å². The number of pyridine rings is 1. The molecule has 0 amide bonds. The van der Waals surface area contributed by atoms with Crippen molar-refractivity contribution in [2.45, 2.75) is 64.3 Å². The van der Waals surface area contributed by atoms with Crippen LogP contribution in [0.1, 0.15) is 69.9 Å². The first-order valence-electron chi connectivity index (χ1n) is 9.34.